The molecule has 2 unspecified atom stereocenters. The number of aromatic nitrogens is 2. The van der Waals surface area contributed by atoms with E-state index in [9.17, 15) is 13.6 Å². The molecule has 7 heteroatoms. The van der Waals surface area contributed by atoms with Crippen molar-refractivity contribution in [2.24, 2.45) is 5.92 Å². The Morgan fingerprint density at radius 3 is 2.91 bits per heavy atom. The molecule has 122 valence electrons. The van der Waals surface area contributed by atoms with E-state index in [4.69, 9.17) is 0 Å². The number of H-pyrrole nitrogens is 1. The molecule has 1 aromatic rings. The highest BCUT2D eigenvalue weighted by Crippen LogP contribution is 2.40. The van der Waals surface area contributed by atoms with Crippen LogP contribution in [0.1, 0.15) is 38.1 Å². The summed E-state index contributed by atoms with van der Waals surface area (Å²) >= 11 is 0. The minimum absolute atomic E-state index is 0.0135. The maximum Gasteiger partial charge on any atom is 0.248 e. The number of likely N-dealkylation sites (N-methyl/N-ethyl adjacent to an activating group) is 1. The fourth-order valence-electron chi connectivity index (χ4n) is 3.54. The van der Waals surface area contributed by atoms with Crippen molar-refractivity contribution in [2.75, 3.05) is 26.2 Å². The summed E-state index contributed by atoms with van der Waals surface area (Å²) in [5.41, 5.74) is 0. The van der Waals surface area contributed by atoms with Crippen LogP contribution in [0, 0.1) is 5.92 Å². The Hall–Kier alpha value is -1.50. The molecule has 2 fully saturated rings. The van der Waals surface area contributed by atoms with Gasteiger partial charge in [0.2, 0.25) is 11.8 Å². The average molecular weight is 312 g/mol. The predicted molar refractivity (Wildman–Crippen MR) is 77.4 cm³/mol. The number of halogens is 2. The lowest BCUT2D eigenvalue weighted by molar-refractivity contribution is -0.139. The Balaban J connectivity index is 1.69. The van der Waals surface area contributed by atoms with Gasteiger partial charge >= 0.3 is 0 Å². The fourth-order valence-corrected chi connectivity index (χ4v) is 3.54. The molecule has 1 aliphatic heterocycles. The van der Waals surface area contributed by atoms with Crippen molar-refractivity contribution in [3.8, 4) is 0 Å². The molecule has 3 rings (SSSR count). The zero-order chi connectivity index (χ0) is 15.7. The standard InChI is InChI=1S/C15H22F2N4O/c1-2-20-7-8-21(10-12(20)13-18-5-6-19-13)14(22)11-3-4-15(16,17)9-11/h5-6,11-12H,2-4,7-10H2,1H3,(H,18,19). The fraction of sp³-hybridized carbons (Fsp3) is 0.733. The van der Waals surface area contributed by atoms with E-state index < -0.39 is 11.8 Å². The van der Waals surface area contributed by atoms with Crippen molar-refractivity contribution in [3.63, 3.8) is 0 Å². The second-order valence-corrected chi connectivity index (χ2v) is 6.20. The zero-order valence-electron chi connectivity index (χ0n) is 12.8. The van der Waals surface area contributed by atoms with Gasteiger partial charge in [0.15, 0.2) is 0 Å². The first-order valence-corrected chi connectivity index (χ1v) is 7.90. The van der Waals surface area contributed by atoms with Gasteiger partial charge in [0.1, 0.15) is 5.82 Å². The van der Waals surface area contributed by atoms with Crippen LogP contribution in [0.25, 0.3) is 0 Å². The van der Waals surface area contributed by atoms with Gasteiger partial charge in [-0.1, -0.05) is 6.92 Å². The largest absolute Gasteiger partial charge is 0.347 e. The molecule has 0 spiro atoms. The van der Waals surface area contributed by atoms with Gasteiger partial charge in [-0.3, -0.25) is 9.69 Å². The van der Waals surface area contributed by atoms with Crippen LogP contribution in [0.2, 0.25) is 0 Å². The number of carbonyl (C=O) groups is 1. The Bertz CT molecular complexity index is 520. The lowest BCUT2D eigenvalue weighted by atomic mass is 10.0. The maximum atomic E-state index is 13.3. The van der Waals surface area contributed by atoms with Crippen LogP contribution < -0.4 is 0 Å². The summed E-state index contributed by atoms with van der Waals surface area (Å²) in [5.74, 6) is -2.49. The van der Waals surface area contributed by atoms with Gasteiger partial charge in [-0.25, -0.2) is 13.8 Å². The molecule has 0 radical (unpaired) electrons. The van der Waals surface area contributed by atoms with Gasteiger partial charge in [-0.2, -0.15) is 0 Å². The molecule has 1 N–H and O–H groups in total. The first-order valence-electron chi connectivity index (χ1n) is 7.90. The Morgan fingerprint density at radius 2 is 2.32 bits per heavy atom. The molecule has 1 amide bonds. The molecule has 1 saturated heterocycles. The number of nitrogens with one attached hydrogen (secondary N) is 1. The molecular formula is C15H22F2N4O. The lowest BCUT2D eigenvalue weighted by Gasteiger charge is -2.40. The quantitative estimate of drug-likeness (QED) is 0.929. The number of nitrogens with zero attached hydrogens (tertiary/aromatic N) is 3. The number of amides is 1. The van der Waals surface area contributed by atoms with E-state index in [1.165, 1.54) is 0 Å². The van der Waals surface area contributed by atoms with E-state index in [1.807, 2.05) is 0 Å². The first kappa shape index (κ1) is 15.4. The molecule has 2 heterocycles. The number of hydrogen-bond donors (Lipinski definition) is 1. The van der Waals surface area contributed by atoms with Crippen LogP contribution >= 0.6 is 0 Å². The van der Waals surface area contributed by atoms with Crippen molar-refractivity contribution in [1.82, 2.24) is 19.8 Å². The van der Waals surface area contributed by atoms with E-state index >= 15 is 0 Å². The SMILES string of the molecule is CCN1CCN(C(=O)C2CCC(F)(F)C2)CC1c1ncc[nH]1. The summed E-state index contributed by atoms with van der Waals surface area (Å²) in [4.78, 5) is 23.9. The number of hydrogen-bond acceptors (Lipinski definition) is 3. The van der Waals surface area contributed by atoms with Crippen LogP contribution in [0.4, 0.5) is 8.78 Å². The average Bonchev–Trinajstić information content (AvgIpc) is 3.15. The van der Waals surface area contributed by atoms with Gasteiger partial charge in [-0.05, 0) is 13.0 Å². The normalized spacial score (nSPS) is 29.0. The monoisotopic (exact) mass is 312 g/mol. The van der Waals surface area contributed by atoms with Gasteiger partial charge < -0.3 is 9.88 Å². The van der Waals surface area contributed by atoms with Crippen molar-refractivity contribution in [1.29, 1.82) is 0 Å². The molecule has 5 nitrogen and oxygen atoms in total. The topological polar surface area (TPSA) is 52.2 Å². The summed E-state index contributed by atoms with van der Waals surface area (Å²) < 4.78 is 26.7. The van der Waals surface area contributed by atoms with Crippen LogP contribution in [0.15, 0.2) is 12.4 Å². The Labute approximate surface area is 128 Å². The van der Waals surface area contributed by atoms with E-state index in [-0.39, 0.29) is 24.8 Å². The Kier molecular flexibility index (Phi) is 4.16. The molecule has 2 atom stereocenters. The summed E-state index contributed by atoms with van der Waals surface area (Å²) in [5, 5.41) is 0. The summed E-state index contributed by atoms with van der Waals surface area (Å²) in [7, 11) is 0. The second-order valence-electron chi connectivity index (χ2n) is 6.20. The number of imidazole rings is 1. The van der Waals surface area contributed by atoms with Gasteiger partial charge in [0, 0.05) is 50.8 Å². The van der Waals surface area contributed by atoms with Crippen molar-refractivity contribution >= 4 is 5.91 Å². The zero-order valence-corrected chi connectivity index (χ0v) is 12.8. The van der Waals surface area contributed by atoms with Crippen molar-refractivity contribution < 1.29 is 13.6 Å². The summed E-state index contributed by atoms with van der Waals surface area (Å²) in [6.07, 6.45) is 3.29. The highest BCUT2D eigenvalue weighted by molar-refractivity contribution is 5.79. The van der Waals surface area contributed by atoms with E-state index in [1.54, 1.807) is 17.3 Å². The smallest absolute Gasteiger partial charge is 0.248 e. The minimum Gasteiger partial charge on any atom is -0.347 e. The van der Waals surface area contributed by atoms with Crippen LogP contribution in [-0.2, 0) is 4.79 Å². The number of carbonyl (C=O) groups excluding carboxylic acids is 1. The van der Waals surface area contributed by atoms with Crippen LogP contribution in [-0.4, -0.2) is 57.8 Å². The highest BCUT2D eigenvalue weighted by Gasteiger charge is 2.44. The molecular weight excluding hydrogens is 290 g/mol. The van der Waals surface area contributed by atoms with E-state index in [0.29, 0.717) is 19.5 Å². The van der Waals surface area contributed by atoms with Gasteiger partial charge in [-0.15, -0.1) is 0 Å². The van der Waals surface area contributed by atoms with E-state index in [2.05, 4.69) is 21.8 Å². The number of rotatable bonds is 3. The number of aromatic amines is 1. The number of piperazine rings is 1. The minimum atomic E-state index is -2.67. The van der Waals surface area contributed by atoms with E-state index in [0.717, 1.165) is 18.9 Å². The molecule has 22 heavy (non-hydrogen) atoms. The maximum absolute atomic E-state index is 13.3. The number of alkyl halides is 2. The second kappa shape index (κ2) is 5.95. The van der Waals surface area contributed by atoms with Gasteiger partial charge in [0.05, 0.1) is 6.04 Å². The van der Waals surface area contributed by atoms with Crippen LogP contribution in [0.5, 0.6) is 0 Å². The third-order valence-electron chi connectivity index (χ3n) is 4.80. The molecule has 1 saturated carbocycles. The third kappa shape index (κ3) is 2.99. The third-order valence-corrected chi connectivity index (χ3v) is 4.80. The molecule has 0 bridgehead atoms. The lowest BCUT2D eigenvalue weighted by Crippen LogP contribution is -2.51. The first-order chi connectivity index (χ1) is 10.5. The van der Waals surface area contributed by atoms with Gasteiger partial charge in [0.25, 0.3) is 0 Å². The summed E-state index contributed by atoms with van der Waals surface area (Å²) in [6, 6.07) is 0.0135. The molecule has 2 aliphatic rings. The predicted octanol–water partition coefficient (Wildman–Crippen LogP) is 2.05. The Morgan fingerprint density at radius 1 is 1.50 bits per heavy atom. The molecule has 0 aromatic carbocycles. The highest BCUT2D eigenvalue weighted by atomic mass is 19.3. The summed E-state index contributed by atoms with van der Waals surface area (Å²) in [6.45, 7) is 4.81. The molecule has 1 aromatic heterocycles. The van der Waals surface area contributed by atoms with Crippen LogP contribution in [0.3, 0.4) is 0 Å². The van der Waals surface area contributed by atoms with Crippen molar-refractivity contribution in [2.45, 2.75) is 38.2 Å². The molecule has 1 aliphatic carbocycles. The van der Waals surface area contributed by atoms with Crippen molar-refractivity contribution in [3.05, 3.63) is 18.2 Å².